The van der Waals surface area contributed by atoms with Gasteiger partial charge in [-0.25, -0.2) is 10.4 Å². The molecule has 12 bridgehead atoms. The molecule has 30 unspecified atom stereocenters. The molecule has 0 radical (unpaired) electrons. The van der Waals surface area contributed by atoms with E-state index < -0.39 is 224 Å². The molecule has 22 saturated heterocycles. The predicted octanol–water partition coefficient (Wildman–Crippen LogP) is -11.9. The molecule has 22 fully saturated rings. The summed E-state index contributed by atoms with van der Waals surface area (Å²) < 4.78 is 67.9. The summed E-state index contributed by atoms with van der Waals surface area (Å²) in [5.41, 5.74) is 2.17. The summed E-state index contributed by atoms with van der Waals surface area (Å²) in [6.07, 6.45) is -56.9. The average molecular weight is 1100 g/mol. The first-order chi connectivity index (χ1) is 35.9. The van der Waals surface area contributed by atoms with Crippen LogP contribution >= 0.6 is 0 Å². The maximum absolute atomic E-state index is 11.2. The van der Waals surface area contributed by atoms with Crippen LogP contribution in [-0.2, 0) is 56.8 Å². The number of hydrogen-bond acceptors (Lipinski definition) is 33. The zero-order valence-corrected chi connectivity index (χ0v) is 39.1. The number of ether oxygens (including phenoxy) is 12. The smallest absolute Gasteiger partial charge is 0.187 e. The molecule has 34 nitrogen and oxygen atoms in total. The Bertz CT molecular complexity index is 1610. The van der Waals surface area contributed by atoms with E-state index in [4.69, 9.17) is 56.8 Å². The second kappa shape index (κ2) is 26.5. The monoisotopic (exact) mass is 1100 g/mol. The van der Waals surface area contributed by atoms with Gasteiger partial charge in [-0.3, -0.25) is 0 Å². The molecule has 0 saturated carbocycles. The molecule has 0 aliphatic carbocycles. The van der Waals surface area contributed by atoms with Gasteiger partial charge in [0.25, 0.3) is 0 Å². The maximum atomic E-state index is 11.2. The normalized spacial score (nSPS) is 49.7. The Kier molecular flexibility index (Phi) is 21.2. The maximum Gasteiger partial charge on any atom is 0.187 e. The minimum atomic E-state index is -2.15. The second-order valence-electron chi connectivity index (χ2n) is 18.3. The Balaban J connectivity index is 0.000000824. The molecule has 0 spiro atoms. The Morgan fingerprint density at radius 3 is 0.720 bits per heavy atom. The summed E-state index contributed by atoms with van der Waals surface area (Å²) in [6.45, 7) is -5.99. The van der Waals surface area contributed by atoms with Gasteiger partial charge in [0.1, 0.15) is 152 Å². The molecule has 0 amide bonds. The van der Waals surface area contributed by atoms with Crippen molar-refractivity contribution in [2.75, 3.05) is 45.1 Å². The van der Waals surface area contributed by atoms with Crippen molar-refractivity contribution in [2.24, 2.45) is 5.29 Å². The highest BCUT2D eigenvalue weighted by molar-refractivity contribution is 5.31. The molecule has 22 aliphatic heterocycles. The van der Waals surface area contributed by atoms with E-state index >= 15 is 0 Å². The number of nitroso groups, excluding NO2 is 1. The summed E-state index contributed by atoms with van der Waals surface area (Å²) in [4.78, 5) is 13.3. The summed E-state index contributed by atoms with van der Waals surface area (Å²) in [7, 11) is 0. The lowest BCUT2D eigenvalue weighted by atomic mass is 9.94. The van der Waals surface area contributed by atoms with E-state index in [1.807, 2.05) is 0 Å². The Morgan fingerprint density at radius 2 is 0.560 bits per heavy atom. The zero-order chi connectivity index (χ0) is 54.6. The van der Waals surface area contributed by atoms with Crippen LogP contribution < -0.4 is 5.43 Å². The van der Waals surface area contributed by atoms with Crippen LogP contribution in [0.3, 0.4) is 0 Å². The topological polar surface area (TPSA) is 529 Å². The van der Waals surface area contributed by atoms with Crippen LogP contribution in [0.5, 0.6) is 0 Å². The van der Waals surface area contributed by atoms with Crippen molar-refractivity contribution in [3.05, 3.63) is 29.3 Å². The number of aromatic nitrogens is 1. The molecular weight excluding hydrogens is 1030 g/mol. The van der Waals surface area contributed by atoms with Gasteiger partial charge in [-0.05, 0) is 12.1 Å². The first-order valence-corrected chi connectivity index (χ1v) is 23.5. The quantitative estimate of drug-likeness (QED) is 0.0849. The number of nitrogens with zero attached hydrogens (tertiary/aromatic N) is 2. The minimum absolute atomic E-state index is 0.465. The molecule has 75 heavy (non-hydrogen) atoms. The van der Waals surface area contributed by atoms with Gasteiger partial charge in [0.2, 0.25) is 0 Å². The molecule has 1 aromatic heterocycles. The fourth-order valence-electron chi connectivity index (χ4n) is 9.40. The second-order valence-corrected chi connectivity index (χ2v) is 18.3. The standard InChI is InChI=1S/C36H60O30.C5H5N3O/c37-1-7-25-13(43)19(49)31(55-7)62-26-8(2-38)57-33(21(51)15(26)45)64-28-10(4-40)59-35(23(53)17(28)47)66-30-12(6-42)60-36(24(54)18(30)48)65-29-11(5-41)58-34(22(52)16(29)46)63-27-9(3-39)56-32(61-25)20(50)14(27)44;9-8-7-5-3-1-2-4-6-5/h7-54H,1-6H2;1-4H,(H,6,7,9). The van der Waals surface area contributed by atoms with Crippen LogP contribution in [0.15, 0.2) is 29.7 Å². The van der Waals surface area contributed by atoms with E-state index in [2.05, 4.69) is 15.7 Å². The van der Waals surface area contributed by atoms with Crippen LogP contribution in [-0.4, -0.2) is 321 Å². The van der Waals surface area contributed by atoms with E-state index in [1.54, 1.807) is 24.4 Å². The summed E-state index contributed by atoms with van der Waals surface area (Å²) in [5, 5.41) is 198. The van der Waals surface area contributed by atoms with Crippen molar-refractivity contribution >= 4 is 5.82 Å². The highest BCUT2D eigenvalue weighted by Gasteiger charge is 2.58. The van der Waals surface area contributed by atoms with Crippen molar-refractivity contribution in [3.8, 4) is 0 Å². The fraction of sp³-hybridized carbons (Fsp3) is 0.878. The zero-order valence-electron chi connectivity index (χ0n) is 39.1. The molecule has 0 aromatic carbocycles. The number of nitrogens with one attached hydrogen (secondary N) is 1. The third-order valence-corrected chi connectivity index (χ3v) is 13.5. The highest BCUT2D eigenvalue weighted by Crippen LogP contribution is 2.38. The predicted molar refractivity (Wildman–Crippen MR) is 229 cm³/mol. The lowest BCUT2D eigenvalue weighted by Crippen LogP contribution is -2.69. The number of anilines is 1. The van der Waals surface area contributed by atoms with E-state index in [0.29, 0.717) is 5.82 Å². The third-order valence-electron chi connectivity index (χ3n) is 13.5. The Morgan fingerprint density at radius 1 is 0.347 bits per heavy atom. The fourth-order valence-corrected chi connectivity index (χ4v) is 9.40. The number of pyridine rings is 1. The summed E-state index contributed by atoms with van der Waals surface area (Å²) >= 11 is 0. The number of hydrogen-bond donors (Lipinski definition) is 19. The van der Waals surface area contributed by atoms with E-state index in [0.717, 1.165) is 0 Å². The molecule has 30 atom stereocenters. The third kappa shape index (κ3) is 12.7. The van der Waals surface area contributed by atoms with E-state index in [9.17, 15) is 96.8 Å². The van der Waals surface area contributed by atoms with Crippen LogP contribution in [0.1, 0.15) is 0 Å². The van der Waals surface area contributed by atoms with Crippen molar-refractivity contribution in [3.63, 3.8) is 0 Å². The highest BCUT2D eigenvalue weighted by atomic mass is 16.8. The molecule has 22 aliphatic rings. The average Bonchev–Trinajstić information content (AvgIpc) is 3.41. The number of rotatable bonds is 8. The Hall–Kier alpha value is -2.65. The SMILES string of the molecule is O=NNc1ccccn1.OCC1OC2OC3C(CO)OC(OC4C(CO)OC(OC5C(CO)OC(OC6C(CO)OC(OC7C(CO)OC(OC1C(O)C2O)C(O)C7O)C(O)C6O)C(O)C5O)C(O)C4O)C(O)C3O. The molecule has 19 N–H and O–H groups in total. The van der Waals surface area contributed by atoms with Crippen LogP contribution in [0.25, 0.3) is 0 Å². The number of aliphatic hydroxyl groups is 18. The van der Waals surface area contributed by atoms with Crippen LogP contribution in [0.2, 0.25) is 0 Å². The van der Waals surface area contributed by atoms with Gasteiger partial charge in [0.05, 0.1) is 44.9 Å². The van der Waals surface area contributed by atoms with Crippen molar-refractivity contribution in [1.82, 2.24) is 4.98 Å². The summed E-state index contributed by atoms with van der Waals surface area (Å²) in [6, 6.07) is 5.18. The first-order valence-electron chi connectivity index (χ1n) is 23.5. The molecular formula is C41H65N3O31. The van der Waals surface area contributed by atoms with Gasteiger partial charge >= 0.3 is 0 Å². The number of aliphatic hydroxyl groups excluding tert-OH is 18. The van der Waals surface area contributed by atoms with Crippen molar-refractivity contribution < 1.29 is 149 Å². The van der Waals surface area contributed by atoms with Gasteiger partial charge in [0.15, 0.2) is 37.7 Å². The van der Waals surface area contributed by atoms with Crippen molar-refractivity contribution in [1.29, 1.82) is 0 Å². The van der Waals surface area contributed by atoms with Crippen molar-refractivity contribution in [2.45, 2.75) is 184 Å². The molecule has 34 heteroatoms. The lowest BCUT2D eigenvalue weighted by Gasteiger charge is -2.50. The van der Waals surface area contributed by atoms with E-state index in [1.165, 1.54) is 0 Å². The lowest BCUT2D eigenvalue weighted by molar-refractivity contribution is -0.404. The molecule has 430 valence electrons. The molecule has 1 aromatic rings. The van der Waals surface area contributed by atoms with Gasteiger partial charge in [-0.15, -0.1) is 4.91 Å². The minimum Gasteiger partial charge on any atom is -0.394 e. The first kappa shape index (κ1) is 60.0. The van der Waals surface area contributed by atoms with Crippen LogP contribution in [0.4, 0.5) is 5.82 Å². The van der Waals surface area contributed by atoms with Gasteiger partial charge in [-0.1, -0.05) is 6.07 Å². The van der Waals surface area contributed by atoms with Crippen LogP contribution in [0, 0.1) is 4.91 Å². The Labute approximate surface area is 423 Å². The van der Waals surface area contributed by atoms with E-state index in [-0.39, 0.29) is 0 Å². The molecule has 23 heterocycles. The van der Waals surface area contributed by atoms with Gasteiger partial charge in [0, 0.05) is 6.20 Å². The van der Waals surface area contributed by atoms with Gasteiger partial charge in [-0.2, -0.15) is 0 Å². The van der Waals surface area contributed by atoms with Gasteiger partial charge < -0.3 is 149 Å². The molecule has 23 rings (SSSR count). The largest absolute Gasteiger partial charge is 0.394 e. The summed E-state index contributed by atoms with van der Waals surface area (Å²) in [5.74, 6) is 0.465.